The molecule has 16 heavy (non-hydrogen) atoms. The van der Waals surface area contributed by atoms with Crippen molar-refractivity contribution >= 4 is 5.97 Å². The van der Waals surface area contributed by atoms with E-state index in [4.69, 9.17) is 4.74 Å². The fraction of sp³-hybridized carbons (Fsp3) is 0.917. The molecule has 0 aromatic rings. The van der Waals surface area contributed by atoms with Gasteiger partial charge in [0.25, 0.3) is 0 Å². The van der Waals surface area contributed by atoms with Crippen LogP contribution in [0.25, 0.3) is 0 Å². The van der Waals surface area contributed by atoms with E-state index in [0.717, 1.165) is 32.2 Å². The van der Waals surface area contributed by atoms with Crippen LogP contribution < -0.4 is 0 Å². The predicted octanol–water partition coefficient (Wildman–Crippen LogP) is 1.30. The molecule has 0 radical (unpaired) electrons. The Kier molecular flexibility index (Phi) is 6.42. The fourth-order valence-corrected chi connectivity index (χ4v) is 1.68. The highest BCUT2D eigenvalue weighted by molar-refractivity contribution is 5.69. The maximum Gasteiger partial charge on any atom is 0.306 e. The molecule has 4 nitrogen and oxygen atoms in total. The lowest BCUT2D eigenvalue weighted by Crippen LogP contribution is -2.31. The van der Waals surface area contributed by atoms with Crippen LogP contribution in [0.4, 0.5) is 0 Å². The minimum absolute atomic E-state index is 0.131. The van der Waals surface area contributed by atoms with Crippen molar-refractivity contribution in [3.05, 3.63) is 0 Å². The van der Waals surface area contributed by atoms with E-state index in [1.54, 1.807) is 7.11 Å². The number of esters is 1. The van der Waals surface area contributed by atoms with Crippen molar-refractivity contribution in [1.29, 1.82) is 0 Å². The average molecular weight is 229 g/mol. The number of carbonyl (C=O) groups is 1. The Labute approximate surface area is 97.9 Å². The molecule has 0 N–H and O–H groups in total. The molecule has 0 spiro atoms. The van der Waals surface area contributed by atoms with Crippen molar-refractivity contribution < 1.29 is 14.3 Å². The van der Waals surface area contributed by atoms with Crippen molar-refractivity contribution in [1.82, 2.24) is 4.90 Å². The highest BCUT2D eigenvalue weighted by Gasteiger charge is 2.21. The van der Waals surface area contributed by atoms with Crippen LogP contribution in [-0.4, -0.2) is 51.3 Å². The largest absolute Gasteiger partial charge is 0.469 e. The van der Waals surface area contributed by atoms with Crippen molar-refractivity contribution in [3.8, 4) is 0 Å². The van der Waals surface area contributed by atoms with E-state index < -0.39 is 0 Å². The first-order valence-corrected chi connectivity index (χ1v) is 6.04. The second kappa shape index (κ2) is 7.63. The van der Waals surface area contributed by atoms with Crippen molar-refractivity contribution in [3.63, 3.8) is 0 Å². The summed E-state index contributed by atoms with van der Waals surface area (Å²) in [5.74, 6) is 0.803. The van der Waals surface area contributed by atoms with Crippen LogP contribution in [0.15, 0.2) is 0 Å². The zero-order valence-corrected chi connectivity index (χ0v) is 10.4. The minimum atomic E-state index is -0.131. The molecule has 0 unspecified atom stereocenters. The second-order valence-electron chi connectivity index (χ2n) is 4.39. The second-order valence-corrected chi connectivity index (χ2v) is 4.39. The number of hydrogen-bond donors (Lipinski definition) is 0. The molecule has 0 heterocycles. The predicted molar refractivity (Wildman–Crippen MR) is 62.3 cm³/mol. The minimum Gasteiger partial charge on any atom is -0.469 e. The van der Waals surface area contributed by atoms with Gasteiger partial charge in [0, 0.05) is 20.2 Å². The third-order valence-corrected chi connectivity index (χ3v) is 3.02. The van der Waals surface area contributed by atoms with E-state index in [9.17, 15) is 4.79 Å². The number of hydrogen-bond acceptors (Lipinski definition) is 4. The molecule has 1 aliphatic rings. The molecule has 1 fully saturated rings. The van der Waals surface area contributed by atoms with Gasteiger partial charge >= 0.3 is 5.97 Å². The Morgan fingerprint density at radius 3 is 2.56 bits per heavy atom. The Hall–Kier alpha value is -0.610. The van der Waals surface area contributed by atoms with Gasteiger partial charge in [-0.15, -0.1) is 0 Å². The molecule has 0 aromatic carbocycles. The summed E-state index contributed by atoms with van der Waals surface area (Å²) < 4.78 is 9.72. The van der Waals surface area contributed by atoms with Crippen LogP contribution >= 0.6 is 0 Å². The summed E-state index contributed by atoms with van der Waals surface area (Å²) in [7, 11) is 3.14. The molecular formula is C12H23NO3. The highest BCUT2D eigenvalue weighted by atomic mass is 16.5. The van der Waals surface area contributed by atoms with Crippen molar-refractivity contribution in [2.24, 2.45) is 5.92 Å². The molecule has 94 valence electrons. The van der Waals surface area contributed by atoms with Crippen LogP contribution in [0.2, 0.25) is 0 Å². The molecule has 1 saturated carbocycles. The maximum absolute atomic E-state index is 11.1. The molecule has 4 heteroatoms. The van der Waals surface area contributed by atoms with E-state index in [1.165, 1.54) is 26.4 Å². The van der Waals surface area contributed by atoms with Crippen LogP contribution in [-0.2, 0) is 14.3 Å². The Balaban J connectivity index is 2.15. The van der Waals surface area contributed by atoms with Gasteiger partial charge in [0.15, 0.2) is 0 Å². The van der Waals surface area contributed by atoms with Gasteiger partial charge in [-0.05, 0) is 18.9 Å². The Morgan fingerprint density at radius 1 is 1.25 bits per heavy atom. The smallest absolute Gasteiger partial charge is 0.306 e. The molecule has 1 aliphatic carbocycles. The van der Waals surface area contributed by atoms with Gasteiger partial charge in [0.1, 0.15) is 0 Å². The van der Waals surface area contributed by atoms with Crippen molar-refractivity contribution in [2.75, 3.05) is 40.5 Å². The summed E-state index contributed by atoms with van der Waals surface area (Å²) in [5, 5.41) is 0. The summed E-state index contributed by atoms with van der Waals surface area (Å²) in [6.07, 6.45) is 4.50. The van der Waals surface area contributed by atoms with E-state index in [-0.39, 0.29) is 5.97 Å². The monoisotopic (exact) mass is 229 g/mol. The highest BCUT2D eigenvalue weighted by Crippen LogP contribution is 2.32. The Morgan fingerprint density at radius 2 is 2.00 bits per heavy atom. The average Bonchev–Trinajstić information content (AvgIpc) is 3.11. The molecule has 1 rings (SSSR count). The van der Waals surface area contributed by atoms with Crippen LogP contribution in [0.1, 0.15) is 25.7 Å². The number of carbonyl (C=O) groups excluding carboxylic acids is 1. The summed E-state index contributed by atoms with van der Waals surface area (Å²) in [5.41, 5.74) is 0. The zero-order valence-electron chi connectivity index (χ0n) is 10.4. The summed E-state index contributed by atoms with van der Waals surface area (Å²) in [6.45, 7) is 3.49. The number of rotatable bonds is 9. The molecule has 0 saturated heterocycles. The summed E-state index contributed by atoms with van der Waals surface area (Å²) in [4.78, 5) is 13.4. The standard InChI is InChI=1S/C12H23NO3/c1-15-10-9-13(7-5-11-3-4-11)8-6-12(14)16-2/h11H,3-10H2,1-2H3. The third kappa shape index (κ3) is 6.08. The van der Waals surface area contributed by atoms with Gasteiger partial charge < -0.3 is 14.4 Å². The molecular weight excluding hydrogens is 206 g/mol. The molecule has 0 amide bonds. The number of nitrogens with zero attached hydrogens (tertiary/aromatic N) is 1. The molecule has 0 atom stereocenters. The van der Waals surface area contributed by atoms with E-state index >= 15 is 0 Å². The fourth-order valence-electron chi connectivity index (χ4n) is 1.68. The third-order valence-electron chi connectivity index (χ3n) is 3.02. The molecule has 0 aliphatic heterocycles. The first kappa shape index (κ1) is 13.5. The summed E-state index contributed by atoms with van der Waals surface area (Å²) >= 11 is 0. The van der Waals surface area contributed by atoms with E-state index in [0.29, 0.717) is 6.42 Å². The van der Waals surface area contributed by atoms with Gasteiger partial charge in [-0.1, -0.05) is 12.8 Å². The topological polar surface area (TPSA) is 38.8 Å². The van der Waals surface area contributed by atoms with Crippen LogP contribution in [0.5, 0.6) is 0 Å². The zero-order chi connectivity index (χ0) is 11.8. The van der Waals surface area contributed by atoms with Crippen LogP contribution in [0.3, 0.4) is 0 Å². The lowest BCUT2D eigenvalue weighted by atomic mass is 10.2. The van der Waals surface area contributed by atoms with Gasteiger partial charge in [0.2, 0.25) is 0 Å². The number of methoxy groups -OCH3 is 2. The summed E-state index contributed by atoms with van der Waals surface area (Å²) in [6, 6.07) is 0. The SMILES string of the molecule is COCCN(CCC(=O)OC)CCC1CC1. The normalized spacial score (nSPS) is 15.4. The number of ether oxygens (including phenoxy) is 2. The van der Waals surface area contributed by atoms with Crippen LogP contribution in [0, 0.1) is 5.92 Å². The van der Waals surface area contributed by atoms with Gasteiger partial charge in [0.05, 0.1) is 20.1 Å². The quantitative estimate of drug-likeness (QED) is 0.559. The first-order valence-electron chi connectivity index (χ1n) is 6.04. The Bertz CT molecular complexity index is 204. The van der Waals surface area contributed by atoms with Crippen molar-refractivity contribution in [2.45, 2.75) is 25.7 Å². The lowest BCUT2D eigenvalue weighted by molar-refractivity contribution is -0.141. The van der Waals surface area contributed by atoms with E-state index in [1.807, 2.05) is 0 Å². The van der Waals surface area contributed by atoms with Gasteiger partial charge in [-0.2, -0.15) is 0 Å². The maximum atomic E-state index is 11.1. The van der Waals surface area contributed by atoms with Gasteiger partial charge in [-0.3, -0.25) is 4.79 Å². The molecule has 0 aromatic heterocycles. The lowest BCUT2D eigenvalue weighted by Gasteiger charge is -2.21. The first-order chi connectivity index (χ1) is 7.76. The molecule has 0 bridgehead atoms. The van der Waals surface area contributed by atoms with Gasteiger partial charge in [-0.25, -0.2) is 0 Å². The van der Waals surface area contributed by atoms with E-state index in [2.05, 4.69) is 9.64 Å².